The average Bonchev–Trinajstić information content (AvgIpc) is 2.87. The van der Waals surface area contributed by atoms with Crippen molar-refractivity contribution in [3.05, 3.63) is 48.0 Å². The zero-order chi connectivity index (χ0) is 22.9. The van der Waals surface area contributed by atoms with Crippen LogP contribution in [0.2, 0.25) is 0 Å². The first-order chi connectivity index (χ1) is 16.2. The summed E-state index contributed by atoms with van der Waals surface area (Å²) in [4.78, 5) is 0. The number of benzene rings is 1. The standard InChI is InChI=1S/C33H52/c1-3-5-7-9-27-10-12-28(13-11-27)14-15-29-18-21-33-25-32(23-22-31(33)24-29)30-19-16-26(17-20-30)8-6-4-2/h4,16-17,19-20,27-29,31-33H,2-3,5-15,18,21-25H2,1H3. The highest BCUT2D eigenvalue weighted by molar-refractivity contribution is 5.26. The van der Waals surface area contributed by atoms with Gasteiger partial charge in [-0.25, -0.2) is 0 Å². The molecule has 3 aliphatic carbocycles. The van der Waals surface area contributed by atoms with Crippen molar-refractivity contribution in [2.75, 3.05) is 0 Å². The molecule has 3 aliphatic rings. The second-order valence-corrected chi connectivity index (χ2v) is 12.2. The lowest BCUT2D eigenvalue weighted by Crippen LogP contribution is -2.30. The van der Waals surface area contributed by atoms with Crippen molar-refractivity contribution in [2.24, 2.45) is 29.6 Å². The van der Waals surface area contributed by atoms with E-state index in [1.807, 2.05) is 6.08 Å². The lowest BCUT2D eigenvalue weighted by Gasteiger charge is -2.43. The van der Waals surface area contributed by atoms with Crippen LogP contribution < -0.4 is 0 Å². The van der Waals surface area contributed by atoms with Gasteiger partial charge in [-0.15, -0.1) is 6.58 Å². The quantitative estimate of drug-likeness (QED) is 0.233. The molecular weight excluding hydrogens is 396 g/mol. The Hall–Kier alpha value is -1.04. The Morgan fingerprint density at radius 1 is 0.727 bits per heavy atom. The smallest absolute Gasteiger partial charge is 0.0159 e. The predicted octanol–water partition coefficient (Wildman–Crippen LogP) is 10.3. The highest BCUT2D eigenvalue weighted by Gasteiger charge is 2.36. The van der Waals surface area contributed by atoms with Crippen LogP contribution in [0.4, 0.5) is 0 Å². The number of fused-ring (bicyclic) bond motifs is 1. The Bertz CT molecular complexity index is 676. The third-order valence-electron chi connectivity index (χ3n) is 9.98. The van der Waals surface area contributed by atoms with Gasteiger partial charge in [0.25, 0.3) is 0 Å². The van der Waals surface area contributed by atoms with Crippen molar-refractivity contribution in [3.63, 3.8) is 0 Å². The van der Waals surface area contributed by atoms with Crippen LogP contribution in [0.5, 0.6) is 0 Å². The molecule has 3 fully saturated rings. The number of hydrogen-bond acceptors (Lipinski definition) is 0. The summed E-state index contributed by atoms with van der Waals surface area (Å²) in [7, 11) is 0. The molecule has 0 N–H and O–H groups in total. The van der Waals surface area contributed by atoms with Crippen molar-refractivity contribution in [1.29, 1.82) is 0 Å². The van der Waals surface area contributed by atoms with Gasteiger partial charge in [0.15, 0.2) is 0 Å². The summed E-state index contributed by atoms with van der Waals surface area (Å²) in [5.41, 5.74) is 3.08. The zero-order valence-corrected chi connectivity index (χ0v) is 21.8. The van der Waals surface area contributed by atoms with Crippen LogP contribution in [0.15, 0.2) is 36.9 Å². The molecule has 4 rings (SSSR count). The second-order valence-electron chi connectivity index (χ2n) is 12.2. The molecule has 184 valence electrons. The third kappa shape index (κ3) is 7.47. The van der Waals surface area contributed by atoms with Gasteiger partial charge in [0, 0.05) is 0 Å². The molecular formula is C33H52. The molecule has 0 aromatic heterocycles. The average molecular weight is 449 g/mol. The van der Waals surface area contributed by atoms with E-state index >= 15 is 0 Å². The van der Waals surface area contributed by atoms with Gasteiger partial charge in [-0.05, 0) is 91.6 Å². The van der Waals surface area contributed by atoms with Crippen molar-refractivity contribution in [2.45, 2.75) is 128 Å². The minimum Gasteiger partial charge on any atom is -0.103 e. The van der Waals surface area contributed by atoms with E-state index in [2.05, 4.69) is 37.8 Å². The Kier molecular flexibility index (Phi) is 9.99. The molecule has 0 heteroatoms. The molecule has 0 bridgehead atoms. The van der Waals surface area contributed by atoms with Crippen LogP contribution >= 0.6 is 0 Å². The summed E-state index contributed by atoms with van der Waals surface area (Å²) < 4.78 is 0. The summed E-state index contributed by atoms with van der Waals surface area (Å²) in [6, 6.07) is 9.63. The minimum atomic E-state index is 0.823. The van der Waals surface area contributed by atoms with E-state index in [1.165, 1.54) is 63.4 Å². The van der Waals surface area contributed by atoms with Crippen LogP contribution in [-0.2, 0) is 6.42 Å². The highest BCUT2D eigenvalue weighted by atomic mass is 14.4. The number of unbranched alkanes of at least 4 members (excludes halogenated alkanes) is 2. The summed E-state index contributed by atoms with van der Waals surface area (Å²) in [5, 5.41) is 0. The molecule has 1 aromatic rings. The normalized spacial score (nSPS) is 32.3. The van der Waals surface area contributed by atoms with Gasteiger partial charge in [0.1, 0.15) is 0 Å². The molecule has 0 amide bonds. The van der Waals surface area contributed by atoms with Crippen molar-refractivity contribution in [3.8, 4) is 0 Å². The summed E-state index contributed by atoms with van der Waals surface area (Å²) in [5.74, 6) is 6.07. The highest BCUT2D eigenvalue weighted by Crippen LogP contribution is 2.49. The number of hydrogen-bond donors (Lipinski definition) is 0. The van der Waals surface area contributed by atoms with Crippen LogP contribution in [0, 0.1) is 29.6 Å². The Balaban J connectivity index is 1.15. The molecule has 0 radical (unpaired) electrons. The summed E-state index contributed by atoms with van der Waals surface area (Å²) in [6.45, 7) is 6.19. The lowest BCUT2D eigenvalue weighted by atomic mass is 9.63. The maximum absolute atomic E-state index is 3.86. The Morgan fingerprint density at radius 3 is 2.09 bits per heavy atom. The Labute approximate surface area is 206 Å². The first-order valence-corrected chi connectivity index (χ1v) is 14.9. The largest absolute Gasteiger partial charge is 0.103 e. The fourth-order valence-electron chi connectivity index (χ4n) is 7.74. The molecule has 0 nitrogen and oxygen atoms in total. The van der Waals surface area contributed by atoms with Gasteiger partial charge in [-0.1, -0.05) is 108 Å². The van der Waals surface area contributed by atoms with Crippen molar-refractivity contribution in [1.82, 2.24) is 0 Å². The second kappa shape index (κ2) is 13.2. The fraction of sp³-hybridized carbons (Fsp3) is 0.758. The first-order valence-electron chi connectivity index (χ1n) is 14.9. The van der Waals surface area contributed by atoms with Crippen LogP contribution in [-0.4, -0.2) is 0 Å². The van der Waals surface area contributed by atoms with E-state index in [0.717, 1.165) is 48.3 Å². The van der Waals surface area contributed by atoms with E-state index in [1.54, 1.807) is 50.5 Å². The van der Waals surface area contributed by atoms with Gasteiger partial charge in [-0.3, -0.25) is 0 Å². The molecule has 0 spiro atoms. The van der Waals surface area contributed by atoms with Crippen molar-refractivity contribution >= 4 is 0 Å². The molecule has 4 atom stereocenters. The van der Waals surface area contributed by atoms with Gasteiger partial charge < -0.3 is 0 Å². The molecule has 4 unspecified atom stereocenters. The van der Waals surface area contributed by atoms with Gasteiger partial charge >= 0.3 is 0 Å². The number of allylic oxidation sites excluding steroid dienone is 1. The summed E-state index contributed by atoms with van der Waals surface area (Å²) >= 11 is 0. The van der Waals surface area contributed by atoms with Gasteiger partial charge in [0.05, 0.1) is 0 Å². The van der Waals surface area contributed by atoms with E-state index in [9.17, 15) is 0 Å². The lowest BCUT2D eigenvalue weighted by molar-refractivity contribution is 0.108. The monoisotopic (exact) mass is 448 g/mol. The van der Waals surface area contributed by atoms with Gasteiger partial charge in [0.2, 0.25) is 0 Å². The summed E-state index contributed by atoms with van der Waals surface area (Å²) in [6.07, 6.45) is 28.4. The van der Waals surface area contributed by atoms with Crippen molar-refractivity contribution < 1.29 is 0 Å². The molecule has 0 saturated heterocycles. The maximum atomic E-state index is 3.86. The van der Waals surface area contributed by atoms with Crippen LogP contribution in [0.1, 0.15) is 133 Å². The van der Waals surface area contributed by atoms with E-state index in [0.29, 0.717) is 0 Å². The molecule has 0 heterocycles. The van der Waals surface area contributed by atoms with E-state index in [4.69, 9.17) is 0 Å². The molecule has 33 heavy (non-hydrogen) atoms. The fourth-order valence-corrected chi connectivity index (χ4v) is 7.74. The van der Waals surface area contributed by atoms with E-state index < -0.39 is 0 Å². The first kappa shape index (κ1) is 25.1. The number of rotatable bonds is 11. The minimum absolute atomic E-state index is 0.823. The SMILES string of the molecule is C=CCCc1ccc(C2CCC3CC(CCC4CCC(CCCCC)CC4)CCC3C2)cc1. The zero-order valence-electron chi connectivity index (χ0n) is 21.8. The molecule has 0 aliphatic heterocycles. The van der Waals surface area contributed by atoms with Crippen LogP contribution in [0.3, 0.4) is 0 Å². The predicted molar refractivity (Wildman–Crippen MR) is 145 cm³/mol. The topological polar surface area (TPSA) is 0 Å². The van der Waals surface area contributed by atoms with Gasteiger partial charge in [-0.2, -0.15) is 0 Å². The third-order valence-corrected chi connectivity index (χ3v) is 9.98. The Morgan fingerprint density at radius 2 is 1.36 bits per heavy atom. The maximum Gasteiger partial charge on any atom is -0.0159 e. The molecule has 1 aromatic carbocycles. The van der Waals surface area contributed by atoms with E-state index in [-0.39, 0.29) is 0 Å². The van der Waals surface area contributed by atoms with Crippen LogP contribution in [0.25, 0.3) is 0 Å². The molecule has 3 saturated carbocycles. The number of aryl methyl sites for hydroxylation is 1.